The molecule has 154 valence electrons. The number of fused-ring (bicyclic) bond motifs is 2. The van der Waals surface area contributed by atoms with Gasteiger partial charge in [-0.15, -0.1) is 0 Å². The molecule has 6 nitrogen and oxygen atoms in total. The van der Waals surface area contributed by atoms with Gasteiger partial charge in [-0.3, -0.25) is 19.3 Å². The van der Waals surface area contributed by atoms with E-state index in [2.05, 4.69) is 24.0 Å². The molecule has 4 aromatic rings. The average molecular weight is 402 g/mol. The van der Waals surface area contributed by atoms with Gasteiger partial charge in [-0.05, 0) is 24.5 Å². The van der Waals surface area contributed by atoms with Gasteiger partial charge in [0.05, 0.1) is 10.9 Å². The molecule has 0 aliphatic carbocycles. The highest BCUT2D eigenvalue weighted by Crippen LogP contribution is 2.16. The van der Waals surface area contributed by atoms with Gasteiger partial charge in [-0.1, -0.05) is 61.9 Å². The number of H-pyrrole nitrogens is 1. The quantitative estimate of drug-likeness (QED) is 0.503. The Morgan fingerprint density at radius 1 is 1.00 bits per heavy atom. The molecule has 2 aromatic carbocycles. The number of pyridine rings is 1. The Morgan fingerprint density at radius 2 is 1.73 bits per heavy atom. The maximum Gasteiger partial charge on any atom is 0.329 e. The van der Waals surface area contributed by atoms with E-state index in [0.717, 1.165) is 41.3 Å². The number of aromatic amines is 1. The van der Waals surface area contributed by atoms with Crippen molar-refractivity contribution in [1.82, 2.24) is 14.1 Å². The van der Waals surface area contributed by atoms with E-state index >= 15 is 0 Å². The molecule has 2 aromatic heterocycles. The first-order valence-electron chi connectivity index (χ1n) is 10.4. The molecule has 0 spiro atoms. The second-order valence-electron chi connectivity index (χ2n) is 7.51. The van der Waals surface area contributed by atoms with E-state index < -0.39 is 5.69 Å². The van der Waals surface area contributed by atoms with Gasteiger partial charge in [0.2, 0.25) is 0 Å². The van der Waals surface area contributed by atoms with Crippen LogP contribution in [0.5, 0.6) is 0 Å². The molecule has 0 bridgehead atoms. The average Bonchev–Trinajstić information content (AvgIpc) is 2.77. The molecule has 0 aliphatic heterocycles. The molecule has 0 amide bonds. The van der Waals surface area contributed by atoms with Crippen LogP contribution in [0.15, 0.2) is 69.2 Å². The maximum atomic E-state index is 13.1. The van der Waals surface area contributed by atoms with Crippen LogP contribution < -0.4 is 16.6 Å². The molecule has 30 heavy (non-hydrogen) atoms. The van der Waals surface area contributed by atoms with Crippen LogP contribution in [0, 0.1) is 0 Å². The zero-order valence-corrected chi connectivity index (χ0v) is 17.4. The number of hydrogen-bond acceptors (Lipinski definition) is 3. The molecule has 0 aliphatic rings. The molecule has 0 unspecified atom stereocenters. The summed E-state index contributed by atoms with van der Waals surface area (Å²) in [6.45, 7) is 3.41. The number of unbranched alkanes of at least 4 members (excludes halogenated alkanes) is 1. The molecular formula is C24H26N4O2. The maximum absolute atomic E-state index is 13.1. The Hall–Kier alpha value is -3.41. The molecule has 4 rings (SSSR count). The van der Waals surface area contributed by atoms with Crippen LogP contribution in [0.4, 0.5) is 0 Å². The summed E-state index contributed by atoms with van der Waals surface area (Å²) >= 11 is 0. The number of hydrogen-bond donors (Lipinski definition) is 1. The summed E-state index contributed by atoms with van der Waals surface area (Å²) < 4.78 is 3.17. The lowest BCUT2D eigenvalue weighted by atomic mass is 10.1. The summed E-state index contributed by atoms with van der Waals surface area (Å²) in [6.07, 6.45) is 2.75. The topological polar surface area (TPSA) is 72.2 Å². The van der Waals surface area contributed by atoms with Crippen molar-refractivity contribution in [3.05, 3.63) is 86.4 Å². The second kappa shape index (κ2) is 8.53. The fourth-order valence-electron chi connectivity index (χ4n) is 3.84. The van der Waals surface area contributed by atoms with Gasteiger partial charge >= 0.3 is 5.69 Å². The summed E-state index contributed by atoms with van der Waals surface area (Å²) in [5, 5.41) is 2.06. The Bertz CT molecular complexity index is 1380. The Balaban J connectivity index is 2.02. The largest absolute Gasteiger partial charge is 0.329 e. The van der Waals surface area contributed by atoms with E-state index in [-0.39, 0.29) is 5.56 Å². The van der Waals surface area contributed by atoms with Gasteiger partial charge in [-0.25, -0.2) is 4.79 Å². The minimum Gasteiger partial charge on any atom is -0.326 e. The van der Waals surface area contributed by atoms with Crippen LogP contribution in [-0.4, -0.2) is 20.7 Å². The van der Waals surface area contributed by atoms with E-state index in [1.807, 2.05) is 47.0 Å². The highest BCUT2D eigenvalue weighted by molar-refractivity contribution is 5.91. The fourth-order valence-corrected chi connectivity index (χ4v) is 3.84. The number of nitrogens with one attached hydrogen (secondary N) is 1. The molecule has 0 saturated carbocycles. The molecule has 0 radical (unpaired) electrons. The molecule has 1 N–H and O–H groups in total. The molecule has 0 atom stereocenters. The highest BCUT2D eigenvalue weighted by atomic mass is 16.2. The molecule has 0 fully saturated rings. The molecule has 6 heteroatoms. The normalized spacial score (nSPS) is 12.1. The zero-order chi connectivity index (χ0) is 21.1. The van der Waals surface area contributed by atoms with Gasteiger partial charge in [0.1, 0.15) is 11.0 Å². The van der Waals surface area contributed by atoms with E-state index in [9.17, 15) is 9.59 Å². The van der Waals surface area contributed by atoms with Crippen LogP contribution >= 0.6 is 0 Å². The summed E-state index contributed by atoms with van der Waals surface area (Å²) in [5.74, 6) is 0. The summed E-state index contributed by atoms with van der Waals surface area (Å²) in [5.41, 5.74) is 1.99. The standard InChI is InChI=1S/C24H26N4O2/c1-3-4-16-28-19-13-9-8-12-18(19)21(25-15-14-17-10-6-5-7-11-17)20-22(28)26-24(30)27(2)23(20)29/h5-13H,3-4,14-16H2,1-2H3,(H,26,30). The minimum atomic E-state index is -0.414. The minimum absolute atomic E-state index is 0.316. The Kier molecular flexibility index (Phi) is 5.65. The molecule has 0 saturated heterocycles. The van der Waals surface area contributed by atoms with E-state index in [1.165, 1.54) is 12.6 Å². The lowest BCUT2D eigenvalue weighted by molar-refractivity contribution is 0.653. The van der Waals surface area contributed by atoms with Crippen LogP contribution in [0.1, 0.15) is 25.3 Å². The summed E-state index contributed by atoms with van der Waals surface area (Å²) in [4.78, 5) is 33.3. The highest BCUT2D eigenvalue weighted by Gasteiger charge is 2.15. The smallest absolute Gasteiger partial charge is 0.326 e. The number of nitrogens with zero attached hydrogens (tertiary/aromatic N) is 3. The number of rotatable bonds is 6. The van der Waals surface area contributed by atoms with E-state index in [0.29, 0.717) is 22.9 Å². The predicted octanol–water partition coefficient (Wildman–Crippen LogP) is 3.13. The van der Waals surface area contributed by atoms with E-state index in [1.54, 1.807) is 0 Å². The van der Waals surface area contributed by atoms with Crippen LogP contribution in [0.3, 0.4) is 0 Å². The van der Waals surface area contributed by atoms with Crippen molar-refractivity contribution in [1.29, 1.82) is 0 Å². The van der Waals surface area contributed by atoms with E-state index in [4.69, 9.17) is 4.99 Å². The number of aromatic nitrogens is 3. The first kappa shape index (κ1) is 19.9. The third-order valence-corrected chi connectivity index (χ3v) is 5.49. The van der Waals surface area contributed by atoms with Crippen molar-refractivity contribution in [2.24, 2.45) is 12.0 Å². The third kappa shape index (κ3) is 3.61. The van der Waals surface area contributed by atoms with Gasteiger partial charge in [-0.2, -0.15) is 0 Å². The number of aryl methyl sites for hydroxylation is 1. The first-order valence-corrected chi connectivity index (χ1v) is 10.4. The monoisotopic (exact) mass is 402 g/mol. The first-order chi connectivity index (χ1) is 14.6. The van der Waals surface area contributed by atoms with Gasteiger partial charge < -0.3 is 4.57 Å². The van der Waals surface area contributed by atoms with Crippen molar-refractivity contribution in [3.8, 4) is 0 Å². The fraction of sp³-hybridized carbons (Fsp3) is 0.292. The summed E-state index contributed by atoms with van der Waals surface area (Å²) in [6, 6.07) is 18.1. The van der Waals surface area contributed by atoms with Crippen molar-refractivity contribution >= 4 is 21.9 Å². The van der Waals surface area contributed by atoms with Crippen molar-refractivity contribution in [2.45, 2.75) is 32.7 Å². The van der Waals surface area contributed by atoms with Gasteiger partial charge in [0, 0.05) is 25.5 Å². The Labute approximate surface area is 174 Å². The van der Waals surface area contributed by atoms with Crippen LogP contribution in [0.2, 0.25) is 0 Å². The lowest BCUT2D eigenvalue weighted by Crippen LogP contribution is -2.36. The van der Waals surface area contributed by atoms with Gasteiger partial charge in [0.25, 0.3) is 5.56 Å². The molecule has 2 heterocycles. The third-order valence-electron chi connectivity index (χ3n) is 5.49. The molecular weight excluding hydrogens is 376 g/mol. The predicted molar refractivity (Wildman–Crippen MR) is 121 cm³/mol. The Morgan fingerprint density at radius 3 is 2.50 bits per heavy atom. The second-order valence-corrected chi connectivity index (χ2v) is 7.51. The van der Waals surface area contributed by atoms with Crippen molar-refractivity contribution in [2.75, 3.05) is 6.54 Å². The number of benzene rings is 2. The van der Waals surface area contributed by atoms with Crippen LogP contribution in [0.25, 0.3) is 21.9 Å². The van der Waals surface area contributed by atoms with Crippen molar-refractivity contribution in [3.63, 3.8) is 0 Å². The van der Waals surface area contributed by atoms with Gasteiger partial charge in [0.15, 0.2) is 0 Å². The zero-order valence-electron chi connectivity index (χ0n) is 17.4. The summed E-state index contributed by atoms with van der Waals surface area (Å²) in [7, 11) is 1.50. The SMILES string of the molecule is CCCCn1c2ccccc2c(=NCCc2ccccc2)c2c(=O)n(C)c(=O)[nH]c21. The lowest BCUT2D eigenvalue weighted by Gasteiger charge is -2.16. The number of para-hydroxylation sites is 1. The van der Waals surface area contributed by atoms with Crippen LogP contribution in [-0.2, 0) is 20.0 Å². The van der Waals surface area contributed by atoms with Crippen molar-refractivity contribution < 1.29 is 0 Å².